The molecule has 2 aromatic carbocycles. The zero-order chi connectivity index (χ0) is 25.0. The molecule has 0 saturated carbocycles. The maximum Gasteiger partial charge on any atom is 0.255 e. The number of fused-ring (bicyclic) bond motifs is 1. The van der Waals surface area contributed by atoms with Gasteiger partial charge < -0.3 is 20.1 Å². The van der Waals surface area contributed by atoms with E-state index in [9.17, 15) is 4.79 Å². The standard InChI is InChI=1S/C29H37N3O3/c1-19-26(13-10-23-15-21(17-31-27(19)23)16-30-20(2)29(3,4)5)32-28(33)22-8-11-24(12-9-22)35-18-25-7-6-14-34-25/h8-13,15,17,20,25,30H,6-7,14,16,18H2,1-5H3,(H,32,33)/t20?,25-/m0/s1. The molecule has 1 aromatic heterocycles. The Balaban J connectivity index is 1.39. The molecule has 1 fully saturated rings. The van der Waals surface area contributed by atoms with Crippen LogP contribution in [0.1, 0.15) is 62.0 Å². The molecular weight excluding hydrogens is 438 g/mol. The van der Waals surface area contributed by atoms with Crippen molar-refractivity contribution in [2.75, 3.05) is 18.5 Å². The topological polar surface area (TPSA) is 72.5 Å². The van der Waals surface area contributed by atoms with Gasteiger partial charge in [-0.1, -0.05) is 26.8 Å². The fourth-order valence-corrected chi connectivity index (χ4v) is 4.06. The van der Waals surface area contributed by atoms with Crippen molar-refractivity contribution in [3.8, 4) is 5.75 Å². The summed E-state index contributed by atoms with van der Waals surface area (Å²) in [6.07, 6.45) is 4.21. The van der Waals surface area contributed by atoms with Gasteiger partial charge in [-0.3, -0.25) is 9.78 Å². The fourth-order valence-electron chi connectivity index (χ4n) is 4.06. The molecule has 0 radical (unpaired) electrons. The van der Waals surface area contributed by atoms with Crippen molar-refractivity contribution in [1.29, 1.82) is 0 Å². The number of nitrogens with one attached hydrogen (secondary N) is 2. The van der Waals surface area contributed by atoms with Crippen LogP contribution in [0.3, 0.4) is 0 Å². The van der Waals surface area contributed by atoms with Crippen LogP contribution < -0.4 is 15.4 Å². The van der Waals surface area contributed by atoms with Crippen LogP contribution in [0, 0.1) is 12.3 Å². The number of amides is 1. The molecule has 186 valence electrons. The van der Waals surface area contributed by atoms with E-state index in [1.165, 1.54) is 0 Å². The summed E-state index contributed by atoms with van der Waals surface area (Å²) in [5.41, 5.74) is 4.54. The van der Waals surface area contributed by atoms with Gasteiger partial charge >= 0.3 is 0 Å². The first-order valence-electron chi connectivity index (χ1n) is 12.5. The largest absolute Gasteiger partial charge is 0.491 e. The SMILES string of the molecule is Cc1c(NC(=O)c2ccc(OC[C@@H]3CCCO3)cc2)ccc2cc(CNC(C)C(C)(C)C)cnc12. The molecule has 1 unspecified atom stereocenters. The molecule has 1 aliphatic heterocycles. The molecule has 4 rings (SSSR count). The van der Waals surface area contributed by atoms with Crippen molar-refractivity contribution in [3.05, 3.63) is 65.4 Å². The van der Waals surface area contributed by atoms with E-state index in [0.717, 1.165) is 59.5 Å². The summed E-state index contributed by atoms with van der Waals surface area (Å²) >= 11 is 0. The van der Waals surface area contributed by atoms with E-state index in [4.69, 9.17) is 14.5 Å². The molecule has 1 aliphatic rings. The molecule has 0 aliphatic carbocycles. The fraction of sp³-hybridized carbons (Fsp3) is 0.448. The average Bonchev–Trinajstić information content (AvgIpc) is 3.36. The van der Waals surface area contributed by atoms with Crippen molar-refractivity contribution in [3.63, 3.8) is 0 Å². The third-order valence-electron chi connectivity index (χ3n) is 6.90. The molecule has 6 nitrogen and oxygen atoms in total. The van der Waals surface area contributed by atoms with Crippen molar-refractivity contribution < 1.29 is 14.3 Å². The summed E-state index contributed by atoms with van der Waals surface area (Å²) in [5.74, 6) is 0.584. The van der Waals surface area contributed by atoms with Crippen LogP contribution in [0.4, 0.5) is 5.69 Å². The van der Waals surface area contributed by atoms with Gasteiger partial charge in [0.2, 0.25) is 0 Å². The smallest absolute Gasteiger partial charge is 0.255 e. The van der Waals surface area contributed by atoms with Crippen molar-refractivity contribution in [2.45, 2.75) is 66.2 Å². The van der Waals surface area contributed by atoms with Gasteiger partial charge in [-0.15, -0.1) is 0 Å². The number of hydrogen-bond donors (Lipinski definition) is 2. The molecule has 2 heterocycles. The summed E-state index contributed by atoms with van der Waals surface area (Å²) in [6, 6.07) is 13.7. The minimum atomic E-state index is -0.157. The van der Waals surface area contributed by atoms with Gasteiger partial charge in [-0.2, -0.15) is 0 Å². The zero-order valence-corrected chi connectivity index (χ0v) is 21.5. The lowest BCUT2D eigenvalue weighted by atomic mass is 9.88. The monoisotopic (exact) mass is 475 g/mol. The molecule has 35 heavy (non-hydrogen) atoms. The van der Waals surface area contributed by atoms with Gasteiger partial charge in [0, 0.05) is 42.0 Å². The Morgan fingerprint density at radius 2 is 1.97 bits per heavy atom. The Morgan fingerprint density at radius 3 is 2.66 bits per heavy atom. The lowest BCUT2D eigenvalue weighted by molar-refractivity contribution is 0.0679. The van der Waals surface area contributed by atoms with Crippen molar-refractivity contribution >= 4 is 22.5 Å². The number of nitrogens with zero attached hydrogens (tertiary/aromatic N) is 1. The highest BCUT2D eigenvalue weighted by atomic mass is 16.5. The van der Waals surface area contributed by atoms with E-state index in [1.807, 2.05) is 37.4 Å². The van der Waals surface area contributed by atoms with Gasteiger partial charge in [0.05, 0.1) is 11.6 Å². The lowest BCUT2D eigenvalue weighted by Gasteiger charge is -2.28. The number of carbonyl (C=O) groups is 1. The minimum Gasteiger partial charge on any atom is -0.491 e. The highest BCUT2D eigenvalue weighted by Crippen LogP contribution is 2.26. The highest BCUT2D eigenvalue weighted by molar-refractivity contribution is 6.06. The number of aryl methyl sites for hydroxylation is 1. The second-order valence-electron chi connectivity index (χ2n) is 10.5. The van der Waals surface area contributed by atoms with Crippen LogP contribution in [-0.2, 0) is 11.3 Å². The van der Waals surface area contributed by atoms with E-state index in [-0.39, 0.29) is 17.4 Å². The van der Waals surface area contributed by atoms with Crippen LogP contribution in [0.25, 0.3) is 10.9 Å². The quantitative estimate of drug-likeness (QED) is 0.426. The van der Waals surface area contributed by atoms with Crippen LogP contribution in [0.2, 0.25) is 0 Å². The molecule has 1 amide bonds. The second kappa shape index (κ2) is 10.8. The number of anilines is 1. The van der Waals surface area contributed by atoms with Crippen LogP contribution >= 0.6 is 0 Å². The maximum atomic E-state index is 12.9. The van der Waals surface area contributed by atoms with Gasteiger partial charge in [0.15, 0.2) is 0 Å². The molecular formula is C29H37N3O3. The molecule has 3 aromatic rings. The van der Waals surface area contributed by atoms with Gasteiger partial charge in [0.1, 0.15) is 12.4 Å². The molecule has 1 saturated heterocycles. The molecule has 2 atom stereocenters. The highest BCUT2D eigenvalue weighted by Gasteiger charge is 2.19. The number of aromatic nitrogens is 1. The Labute approximate surface area is 208 Å². The normalized spacial score (nSPS) is 16.9. The van der Waals surface area contributed by atoms with Crippen LogP contribution in [0.5, 0.6) is 5.75 Å². The third-order valence-corrected chi connectivity index (χ3v) is 6.90. The Kier molecular flexibility index (Phi) is 7.72. The van der Waals surface area contributed by atoms with Crippen LogP contribution in [-0.4, -0.2) is 36.3 Å². The van der Waals surface area contributed by atoms with Crippen molar-refractivity contribution in [1.82, 2.24) is 10.3 Å². The number of benzene rings is 2. The number of rotatable bonds is 8. The number of ether oxygens (including phenoxy) is 2. The summed E-state index contributed by atoms with van der Waals surface area (Å²) < 4.78 is 11.4. The molecule has 0 spiro atoms. The molecule has 2 N–H and O–H groups in total. The average molecular weight is 476 g/mol. The first kappa shape index (κ1) is 25.1. The van der Waals surface area contributed by atoms with Gasteiger partial charge in [0.25, 0.3) is 5.91 Å². The maximum absolute atomic E-state index is 12.9. The van der Waals surface area contributed by atoms with E-state index in [1.54, 1.807) is 12.1 Å². The predicted octanol–water partition coefficient (Wildman–Crippen LogP) is 5.88. The Hall–Kier alpha value is -2.96. The van der Waals surface area contributed by atoms with Crippen LogP contribution in [0.15, 0.2) is 48.7 Å². The second-order valence-corrected chi connectivity index (χ2v) is 10.5. The zero-order valence-electron chi connectivity index (χ0n) is 21.5. The Bertz CT molecular complexity index is 1160. The van der Waals surface area contributed by atoms with E-state index in [2.05, 4.69) is 44.4 Å². The number of pyridine rings is 1. The number of carbonyl (C=O) groups excluding carboxylic acids is 1. The molecule has 0 bridgehead atoms. The number of hydrogen-bond acceptors (Lipinski definition) is 5. The summed E-state index contributed by atoms with van der Waals surface area (Å²) in [7, 11) is 0. The van der Waals surface area contributed by atoms with E-state index < -0.39 is 0 Å². The van der Waals surface area contributed by atoms with Gasteiger partial charge in [-0.25, -0.2) is 0 Å². The predicted molar refractivity (Wildman–Crippen MR) is 141 cm³/mol. The first-order valence-corrected chi connectivity index (χ1v) is 12.5. The lowest BCUT2D eigenvalue weighted by Crippen LogP contribution is -2.37. The van der Waals surface area contributed by atoms with E-state index >= 15 is 0 Å². The third kappa shape index (κ3) is 6.38. The molecule has 6 heteroatoms. The van der Waals surface area contributed by atoms with E-state index in [0.29, 0.717) is 18.2 Å². The minimum absolute atomic E-state index is 0.157. The Morgan fingerprint density at radius 1 is 1.20 bits per heavy atom. The first-order chi connectivity index (χ1) is 16.7. The van der Waals surface area contributed by atoms with Crippen molar-refractivity contribution in [2.24, 2.45) is 5.41 Å². The summed E-state index contributed by atoms with van der Waals surface area (Å²) in [5, 5.41) is 7.69. The summed E-state index contributed by atoms with van der Waals surface area (Å²) in [4.78, 5) is 17.6. The summed E-state index contributed by atoms with van der Waals surface area (Å²) in [6.45, 7) is 13.0. The van der Waals surface area contributed by atoms with Gasteiger partial charge in [-0.05, 0) is 79.6 Å².